The molecule has 0 aliphatic rings. The highest BCUT2D eigenvalue weighted by atomic mass is 16.4. The molecule has 0 saturated heterocycles. The Morgan fingerprint density at radius 2 is 1.78 bits per heavy atom. The van der Waals surface area contributed by atoms with Crippen LogP contribution in [0.15, 0.2) is 0 Å². The molecular formula is C12H24N2O4. The smallest absolute Gasteiger partial charge is 0.303 e. The number of rotatable bonds is 9. The molecule has 0 radical (unpaired) electrons. The number of amides is 1. The van der Waals surface area contributed by atoms with Gasteiger partial charge in [0.05, 0.1) is 5.60 Å². The second kappa shape index (κ2) is 8.05. The number of carbonyl (C=O) groups is 2. The minimum absolute atomic E-state index is 0.0889. The molecule has 0 aliphatic carbocycles. The Bertz CT molecular complexity index is 277. The number of nitrogens with one attached hydrogen (secondary N) is 1. The molecule has 6 heteroatoms. The van der Waals surface area contributed by atoms with Crippen molar-refractivity contribution in [2.75, 3.05) is 27.2 Å². The zero-order valence-corrected chi connectivity index (χ0v) is 11.4. The largest absolute Gasteiger partial charge is 0.481 e. The zero-order chi connectivity index (χ0) is 14.2. The Morgan fingerprint density at radius 3 is 2.28 bits per heavy atom. The molecule has 1 atom stereocenters. The van der Waals surface area contributed by atoms with Crippen LogP contribution in [0, 0.1) is 0 Å². The van der Waals surface area contributed by atoms with Crippen LogP contribution in [0.4, 0.5) is 0 Å². The SMILES string of the molecule is CN(C)CC(C)(O)CNC(=O)CCCCC(=O)O. The van der Waals surface area contributed by atoms with E-state index in [0.29, 0.717) is 25.8 Å². The van der Waals surface area contributed by atoms with E-state index in [1.807, 2.05) is 19.0 Å². The molecule has 0 saturated carbocycles. The number of unbranched alkanes of at least 4 members (excludes halogenated alkanes) is 1. The van der Waals surface area contributed by atoms with Crippen LogP contribution in [-0.2, 0) is 9.59 Å². The van der Waals surface area contributed by atoms with E-state index in [-0.39, 0.29) is 18.9 Å². The van der Waals surface area contributed by atoms with E-state index < -0.39 is 11.6 Å². The third-order valence-corrected chi connectivity index (χ3v) is 2.37. The molecule has 0 spiro atoms. The summed E-state index contributed by atoms with van der Waals surface area (Å²) in [6, 6.07) is 0. The van der Waals surface area contributed by atoms with Crippen molar-refractivity contribution in [2.45, 2.75) is 38.2 Å². The van der Waals surface area contributed by atoms with Gasteiger partial charge in [-0.3, -0.25) is 9.59 Å². The Hall–Kier alpha value is -1.14. The Labute approximate surface area is 108 Å². The minimum atomic E-state index is -0.958. The predicted octanol–water partition coefficient (Wildman–Crippen LogP) is 0.0602. The molecule has 0 aromatic carbocycles. The number of carbonyl (C=O) groups excluding carboxylic acids is 1. The lowest BCUT2D eigenvalue weighted by atomic mass is 10.1. The van der Waals surface area contributed by atoms with Crippen LogP contribution >= 0.6 is 0 Å². The lowest BCUT2D eigenvalue weighted by Crippen LogP contribution is -2.47. The van der Waals surface area contributed by atoms with Crippen molar-refractivity contribution in [1.82, 2.24) is 10.2 Å². The van der Waals surface area contributed by atoms with Gasteiger partial charge in [0.1, 0.15) is 0 Å². The van der Waals surface area contributed by atoms with Gasteiger partial charge in [-0.15, -0.1) is 0 Å². The quantitative estimate of drug-likeness (QED) is 0.510. The molecule has 3 N–H and O–H groups in total. The average Bonchev–Trinajstić information content (AvgIpc) is 2.19. The summed E-state index contributed by atoms with van der Waals surface area (Å²) in [7, 11) is 3.70. The van der Waals surface area contributed by atoms with Crippen LogP contribution in [0.3, 0.4) is 0 Å². The molecule has 0 fully saturated rings. The Balaban J connectivity index is 3.72. The monoisotopic (exact) mass is 260 g/mol. The third kappa shape index (κ3) is 10.0. The van der Waals surface area contributed by atoms with Gasteiger partial charge >= 0.3 is 5.97 Å². The maximum absolute atomic E-state index is 11.4. The fourth-order valence-electron chi connectivity index (χ4n) is 1.68. The Kier molecular flexibility index (Phi) is 7.54. The van der Waals surface area contributed by atoms with Gasteiger partial charge in [-0.2, -0.15) is 0 Å². The van der Waals surface area contributed by atoms with Crippen LogP contribution in [0.25, 0.3) is 0 Å². The maximum Gasteiger partial charge on any atom is 0.303 e. The number of carboxylic acids is 1. The van der Waals surface area contributed by atoms with Gasteiger partial charge < -0.3 is 20.4 Å². The minimum Gasteiger partial charge on any atom is -0.481 e. The average molecular weight is 260 g/mol. The van der Waals surface area contributed by atoms with Gasteiger partial charge in [0.2, 0.25) is 5.91 Å². The number of aliphatic carboxylic acids is 1. The number of nitrogens with zero attached hydrogens (tertiary/aromatic N) is 1. The van der Waals surface area contributed by atoms with Crippen LogP contribution in [-0.4, -0.2) is 59.8 Å². The van der Waals surface area contributed by atoms with Gasteiger partial charge in [0, 0.05) is 25.9 Å². The van der Waals surface area contributed by atoms with Crippen LogP contribution in [0.1, 0.15) is 32.6 Å². The first-order chi connectivity index (χ1) is 8.23. The first-order valence-electron chi connectivity index (χ1n) is 6.08. The number of hydrogen-bond acceptors (Lipinski definition) is 4. The molecule has 18 heavy (non-hydrogen) atoms. The van der Waals surface area contributed by atoms with Crippen molar-refractivity contribution in [3.63, 3.8) is 0 Å². The van der Waals surface area contributed by atoms with Crippen molar-refractivity contribution in [2.24, 2.45) is 0 Å². The van der Waals surface area contributed by atoms with E-state index in [0.717, 1.165) is 0 Å². The first kappa shape index (κ1) is 16.9. The second-order valence-electron chi connectivity index (χ2n) is 5.11. The molecule has 0 aromatic heterocycles. The van der Waals surface area contributed by atoms with E-state index in [1.165, 1.54) is 0 Å². The number of hydrogen-bond donors (Lipinski definition) is 3. The molecule has 0 aliphatic heterocycles. The molecule has 106 valence electrons. The van der Waals surface area contributed by atoms with E-state index in [2.05, 4.69) is 5.32 Å². The van der Waals surface area contributed by atoms with Gasteiger partial charge in [0.25, 0.3) is 0 Å². The van der Waals surface area contributed by atoms with E-state index in [9.17, 15) is 14.7 Å². The van der Waals surface area contributed by atoms with E-state index in [1.54, 1.807) is 6.92 Å². The molecular weight excluding hydrogens is 236 g/mol. The van der Waals surface area contributed by atoms with Crippen molar-refractivity contribution >= 4 is 11.9 Å². The third-order valence-electron chi connectivity index (χ3n) is 2.37. The maximum atomic E-state index is 11.4. The number of carboxylic acid groups (broad SMARTS) is 1. The van der Waals surface area contributed by atoms with E-state index >= 15 is 0 Å². The molecule has 6 nitrogen and oxygen atoms in total. The van der Waals surface area contributed by atoms with Gasteiger partial charge in [-0.1, -0.05) is 0 Å². The lowest BCUT2D eigenvalue weighted by Gasteiger charge is -2.27. The fraction of sp³-hybridized carbons (Fsp3) is 0.833. The van der Waals surface area contributed by atoms with Gasteiger partial charge in [-0.05, 0) is 33.9 Å². The highest BCUT2D eigenvalue weighted by molar-refractivity contribution is 5.76. The Morgan fingerprint density at radius 1 is 1.22 bits per heavy atom. The van der Waals surface area contributed by atoms with Crippen LogP contribution in [0.5, 0.6) is 0 Å². The van der Waals surface area contributed by atoms with Gasteiger partial charge in [0.15, 0.2) is 0 Å². The summed E-state index contributed by atoms with van der Waals surface area (Å²) in [5.41, 5.74) is -0.958. The van der Waals surface area contributed by atoms with Crippen molar-refractivity contribution in [3.05, 3.63) is 0 Å². The predicted molar refractivity (Wildman–Crippen MR) is 68.3 cm³/mol. The summed E-state index contributed by atoms with van der Waals surface area (Å²) in [4.78, 5) is 23.5. The van der Waals surface area contributed by atoms with Crippen molar-refractivity contribution in [1.29, 1.82) is 0 Å². The lowest BCUT2D eigenvalue weighted by molar-refractivity contribution is -0.137. The summed E-state index contributed by atoms with van der Waals surface area (Å²) < 4.78 is 0. The molecule has 0 rings (SSSR count). The number of likely N-dealkylation sites (N-methyl/N-ethyl adjacent to an activating group) is 1. The fourth-order valence-corrected chi connectivity index (χ4v) is 1.68. The summed E-state index contributed by atoms with van der Waals surface area (Å²) in [6.07, 6.45) is 1.43. The molecule has 0 heterocycles. The zero-order valence-electron chi connectivity index (χ0n) is 11.4. The van der Waals surface area contributed by atoms with Crippen LogP contribution < -0.4 is 5.32 Å². The summed E-state index contributed by atoms with van der Waals surface area (Å²) >= 11 is 0. The highest BCUT2D eigenvalue weighted by Crippen LogP contribution is 2.04. The van der Waals surface area contributed by atoms with Gasteiger partial charge in [-0.25, -0.2) is 0 Å². The summed E-state index contributed by atoms with van der Waals surface area (Å²) in [5.74, 6) is -0.997. The number of aliphatic hydroxyl groups is 1. The standard InChI is InChI=1S/C12H24N2O4/c1-12(18,9-14(2)3)8-13-10(15)6-4-5-7-11(16)17/h18H,4-9H2,1-3H3,(H,13,15)(H,16,17). The second-order valence-corrected chi connectivity index (χ2v) is 5.11. The van der Waals surface area contributed by atoms with Crippen molar-refractivity contribution in [3.8, 4) is 0 Å². The first-order valence-corrected chi connectivity index (χ1v) is 6.08. The molecule has 0 bridgehead atoms. The topological polar surface area (TPSA) is 89.9 Å². The normalized spacial score (nSPS) is 14.3. The van der Waals surface area contributed by atoms with Crippen LogP contribution in [0.2, 0.25) is 0 Å². The summed E-state index contributed by atoms with van der Waals surface area (Å²) in [6.45, 7) is 2.33. The molecule has 1 unspecified atom stereocenters. The highest BCUT2D eigenvalue weighted by Gasteiger charge is 2.21. The summed E-state index contributed by atoms with van der Waals surface area (Å²) in [5, 5.41) is 21.0. The van der Waals surface area contributed by atoms with E-state index in [4.69, 9.17) is 5.11 Å². The van der Waals surface area contributed by atoms with Crippen molar-refractivity contribution < 1.29 is 19.8 Å². The molecule has 1 amide bonds. The molecule has 0 aromatic rings.